The molecule has 1 nitrogen and oxygen atoms in total. The second-order valence-corrected chi connectivity index (χ2v) is 21.2. The van der Waals surface area contributed by atoms with Crippen LogP contribution in [0.15, 0.2) is 0 Å². The van der Waals surface area contributed by atoms with Crippen LogP contribution in [0.4, 0.5) is 0 Å². The van der Waals surface area contributed by atoms with Crippen LogP contribution in [-0.2, 0) is 2.79 Å². The molecule has 0 unspecified atom stereocenters. The van der Waals surface area contributed by atoms with Gasteiger partial charge >= 0.3 is 209 Å². The third-order valence-corrected chi connectivity index (χ3v) is 21.7. The molecular weight excluding hydrogens is 498 g/mol. The van der Waals surface area contributed by atoms with E-state index in [0.29, 0.717) is 0 Å². The molecule has 2 radical (unpaired) electrons. The van der Waals surface area contributed by atoms with Crippen molar-refractivity contribution >= 4 is 29.4 Å². The van der Waals surface area contributed by atoms with Crippen molar-refractivity contribution in [1.82, 2.24) is 0 Å². The predicted molar refractivity (Wildman–Crippen MR) is 147 cm³/mol. The van der Waals surface area contributed by atoms with Gasteiger partial charge in [0, 0.05) is 0 Å². The van der Waals surface area contributed by atoms with Crippen molar-refractivity contribution in [3.8, 4) is 0 Å². The number of hydrogen-bond acceptors (Lipinski definition) is 1. The van der Waals surface area contributed by atoms with Gasteiger partial charge in [-0.05, 0) is 0 Å². The monoisotopic (exact) mass is 560 g/mol. The van der Waals surface area contributed by atoms with Gasteiger partial charge in [0.15, 0.2) is 0 Å². The van der Waals surface area contributed by atoms with Crippen LogP contribution < -0.4 is 0 Å². The molecule has 0 heterocycles. The van der Waals surface area contributed by atoms with Crippen molar-refractivity contribution in [3.05, 3.63) is 0 Å². The zero-order valence-electron chi connectivity index (χ0n) is 22.4. The Hall–Kier alpha value is 1.05. The van der Waals surface area contributed by atoms with E-state index in [1.807, 2.05) is 0 Å². The Morgan fingerprint density at radius 2 is 0.548 bits per heavy atom. The van der Waals surface area contributed by atoms with E-state index in [9.17, 15) is 0 Å². The molecule has 0 aliphatic rings. The summed E-state index contributed by atoms with van der Waals surface area (Å²) in [5.74, 6) is 0. The summed E-state index contributed by atoms with van der Waals surface area (Å²) < 4.78 is 7.21. The Balaban J connectivity index is 4.51. The summed E-state index contributed by atoms with van der Waals surface area (Å²) in [7, 11) is 0. The van der Waals surface area contributed by atoms with Gasteiger partial charge < -0.3 is 0 Å². The molecule has 0 aromatic heterocycles. The average Bonchev–Trinajstić information content (AvgIpc) is 2.77. The Bertz CT molecular complexity index is 266. The molecule has 0 aromatic carbocycles. The van der Waals surface area contributed by atoms with Crippen molar-refractivity contribution in [1.29, 1.82) is 0 Å². The molecule has 0 atom stereocenters. The summed E-state index contributed by atoms with van der Waals surface area (Å²) in [4.78, 5) is 0. The molecule has 0 N–H and O–H groups in total. The average molecular weight is 558 g/mol. The fraction of sp³-hybridized carbons (Fsp3) is 1.00. The van der Waals surface area contributed by atoms with Crippen LogP contribution in [0.1, 0.15) is 156 Å². The van der Waals surface area contributed by atoms with E-state index in [-0.39, 0.29) is 0 Å². The molecule has 0 rings (SSSR count). The van der Waals surface area contributed by atoms with Crippen molar-refractivity contribution in [2.45, 2.75) is 177 Å². The fourth-order valence-corrected chi connectivity index (χ4v) is 21.4. The van der Waals surface area contributed by atoms with Crippen LogP contribution in [0.3, 0.4) is 0 Å². The van der Waals surface area contributed by atoms with Gasteiger partial charge in [-0.2, -0.15) is 0 Å². The summed E-state index contributed by atoms with van der Waals surface area (Å²) >= 11 is -2.52. The molecule has 0 aromatic rings. The van der Waals surface area contributed by atoms with E-state index in [4.69, 9.17) is 2.79 Å². The van der Waals surface area contributed by atoms with Gasteiger partial charge in [0.2, 0.25) is 0 Å². The number of unbranched alkanes of at least 4 members (excludes halogenated alkanes) is 16. The van der Waals surface area contributed by atoms with Gasteiger partial charge in [-0.15, -0.1) is 0 Å². The molecule has 0 aliphatic carbocycles. The van der Waals surface area contributed by atoms with Gasteiger partial charge in [0.25, 0.3) is 0 Å². The Labute approximate surface area is 208 Å². The molecule has 0 bridgehead atoms. The second kappa shape index (κ2) is 27.3. The first-order valence-corrected chi connectivity index (χ1v) is 22.3. The first-order chi connectivity index (χ1) is 15.3. The standard InChI is InChI=1S/C28H60Ge2O/c1-5-9-13-17-21-25-29(26-22-18-14-10-6-2)31-30(27-23-19-15-11-7-3)28-24-20-16-12-8-4/h5-28H2,1-4H3. The summed E-state index contributed by atoms with van der Waals surface area (Å²) in [6.07, 6.45) is 28.8. The van der Waals surface area contributed by atoms with Gasteiger partial charge in [-0.1, -0.05) is 0 Å². The number of hydrogen-bond donors (Lipinski definition) is 0. The molecule has 31 heavy (non-hydrogen) atoms. The summed E-state index contributed by atoms with van der Waals surface area (Å²) in [5.41, 5.74) is 0. The fourth-order valence-electron chi connectivity index (χ4n) is 4.36. The van der Waals surface area contributed by atoms with Gasteiger partial charge in [0.05, 0.1) is 0 Å². The summed E-state index contributed by atoms with van der Waals surface area (Å²) in [6.45, 7) is 9.32. The van der Waals surface area contributed by atoms with E-state index >= 15 is 0 Å². The number of rotatable bonds is 26. The van der Waals surface area contributed by atoms with Crippen LogP contribution in [0.25, 0.3) is 0 Å². The first kappa shape index (κ1) is 32.0. The van der Waals surface area contributed by atoms with Crippen molar-refractivity contribution in [2.24, 2.45) is 0 Å². The van der Waals surface area contributed by atoms with Crippen LogP contribution in [0, 0.1) is 0 Å². The van der Waals surface area contributed by atoms with Crippen LogP contribution in [0.5, 0.6) is 0 Å². The Morgan fingerprint density at radius 1 is 0.323 bits per heavy atom. The molecular formula is C28H60Ge2O. The topological polar surface area (TPSA) is 9.23 Å². The van der Waals surface area contributed by atoms with Crippen molar-refractivity contribution < 1.29 is 2.79 Å². The van der Waals surface area contributed by atoms with E-state index in [1.165, 1.54) is 149 Å². The molecule has 0 saturated heterocycles. The van der Waals surface area contributed by atoms with E-state index < -0.39 is 29.4 Å². The quantitative estimate of drug-likeness (QED) is 0.0759. The van der Waals surface area contributed by atoms with Gasteiger partial charge in [-0.25, -0.2) is 0 Å². The molecule has 0 aliphatic heterocycles. The minimum absolute atomic E-state index is 1.26. The SMILES string of the molecule is CCCCCC[CH2][Ge]([CH2]CCCCCC)[O][Ge]([CH2]CCCCCC)[CH2]CCCCCC. The minimum atomic E-state index is -1.26. The Kier molecular flexibility index (Phi) is 28.2. The zero-order chi connectivity index (χ0) is 22.8. The normalized spacial score (nSPS) is 11.8. The molecule has 0 fully saturated rings. The van der Waals surface area contributed by atoms with Crippen molar-refractivity contribution in [2.75, 3.05) is 0 Å². The van der Waals surface area contributed by atoms with Crippen LogP contribution in [-0.4, -0.2) is 29.4 Å². The maximum absolute atomic E-state index is 7.21. The third kappa shape index (κ3) is 24.0. The van der Waals surface area contributed by atoms with E-state index in [2.05, 4.69) is 27.7 Å². The van der Waals surface area contributed by atoms with E-state index in [0.717, 1.165) is 0 Å². The van der Waals surface area contributed by atoms with Crippen LogP contribution >= 0.6 is 0 Å². The third-order valence-electron chi connectivity index (χ3n) is 6.53. The Morgan fingerprint density at radius 3 is 0.774 bits per heavy atom. The molecule has 3 heteroatoms. The molecule has 0 amide bonds. The van der Waals surface area contributed by atoms with Gasteiger partial charge in [-0.3, -0.25) is 0 Å². The van der Waals surface area contributed by atoms with Gasteiger partial charge in [0.1, 0.15) is 0 Å². The molecule has 0 spiro atoms. The summed E-state index contributed by atoms with van der Waals surface area (Å²) in [5, 5.41) is 6.05. The first-order valence-electron chi connectivity index (χ1n) is 14.7. The maximum atomic E-state index is 7.21. The predicted octanol–water partition coefficient (Wildman–Crippen LogP) is 10.9. The van der Waals surface area contributed by atoms with E-state index in [1.54, 1.807) is 0 Å². The summed E-state index contributed by atoms with van der Waals surface area (Å²) in [6, 6.07) is 0. The molecule has 0 saturated carbocycles. The van der Waals surface area contributed by atoms with Crippen LogP contribution in [0.2, 0.25) is 21.0 Å². The second-order valence-electron chi connectivity index (χ2n) is 9.84. The zero-order valence-corrected chi connectivity index (χ0v) is 26.6. The van der Waals surface area contributed by atoms with Crippen molar-refractivity contribution in [3.63, 3.8) is 0 Å². The molecule has 186 valence electrons.